The Morgan fingerprint density at radius 3 is 2.61 bits per heavy atom. The van der Waals surface area contributed by atoms with Gasteiger partial charge in [0.25, 0.3) is 0 Å². The number of rotatable bonds is 7. The van der Waals surface area contributed by atoms with Crippen molar-refractivity contribution < 1.29 is 9.53 Å². The van der Waals surface area contributed by atoms with Crippen LogP contribution in [-0.2, 0) is 9.53 Å². The molecule has 7 heteroatoms. The lowest BCUT2D eigenvalue weighted by atomic mass is 10.4. The monoisotopic (exact) mass is 316 g/mol. The average molecular weight is 317 g/mol. The van der Waals surface area contributed by atoms with Crippen LogP contribution < -0.4 is 10.6 Å². The van der Waals surface area contributed by atoms with E-state index in [1.165, 1.54) is 6.33 Å². The van der Waals surface area contributed by atoms with Crippen LogP contribution in [0.4, 0.5) is 11.6 Å². The summed E-state index contributed by atoms with van der Waals surface area (Å²) in [5.74, 6) is 0.959. The first-order valence-corrected chi connectivity index (χ1v) is 6.62. The van der Waals surface area contributed by atoms with Crippen LogP contribution in [-0.4, -0.2) is 35.6 Å². The Kier molecular flexibility index (Phi) is 6.42. The van der Waals surface area contributed by atoms with Crippen molar-refractivity contribution in [3.63, 3.8) is 0 Å². The molecule has 0 bridgehead atoms. The summed E-state index contributed by atoms with van der Waals surface area (Å²) in [7, 11) is 0. The van der Waals surface area contributed by atoms with E-state index in [1.807, 2.05) is 0 Å². The molecule has 1 aromatic rings. The predicted octanol–water partition coefficient (Wildman–Crippen LogP) is 2.04. The number of esters is 1. The SMILES string of the molecule is CCCNc1ncnc(NCC(=O)OCC)c1Br. The molecule has 0 aliphatic carbocycles. The molecule has 1 rings (SSSR count). The second-order valence-electron chi connectivity index (χ2n) is 3.47. The standard InChI is InChI=1S/C11H17BrN4O2/c1-3-5-13-10-9(12)11(16-7-15-10)14-6-8(17)18-4-2/h7H,3-6H2,1-2H3,(H2,13,14,15,16). The fourth-order valence-electron chi connectivity index (χ4n) is 1.23. The van der Waals surface area contributed by atoms with Crippen molar-refractivity contribution in [3.8, 4) is 0 Å². The summed E-state index contributed by atoms with van der Waals surface area (Å²) >= 11 is 3.40. The van der Waals surface area contributed by atoms with Gasteiger partial charge in [-0.25, -0.2) is 9.97 Å². The molecule has 0 saturated heterocycles. The first-order chi connectivity index (χ1) is 8.69. The van der Waals surface area contributed by atoms with Gasteiger partial charge in [0.05, 0.1) is 6.61 Å². The van der Waals surface area contributed by atoms with Crippen molar-refractivity contribution in [1.82, 2.24) is 9.97 Å². The molecule has 0 amide bonds. The zero-order chi connectivity index (χ0) is 13.4. The van der Waals surface area contributed by atoms with E-state index in [4.69, 9.17) is 4.74 Å². The highest BCUT2D eigenvalue weighted by Gasteiger charge is 2.09. The summed E-state index contributed by atoms with van der Waals surface area (Å²) in [6, 6.07) is 0. The maximum atomic E-state index is 11.2. The molecule has 0 atom stereocenters. The number of anilines is 2. The molecule has 100 valence electrons. The number of carbonyl (C=O) groups is 1. The minimum atomic E-state index is -0.314. The molecule has 0 fully saturated rings. The molecule has 2 N–H and O–H groups in total. The number of nitrogens with zero attached hydrogens (tertiary/aromatic N) is 2. The van der Waals surface area contributed by atoms with Gasteiger partial charge in [0, 0.05) is 6.54 Å². The fourth-order valence-corrected chi connectivity index (χ4v) is 1.71. The van der Waals surface area contributed by atoms with Crippen molar-refractivity contribution in [2.24, 2.45) is 0 Å². The number of hydrogen-bond donors (Lipinski definition) is 2. The second-order valence-corrected chi connectivity index (χ2v) is 4.26. The number of aromatic nitrogens is 2. The normalized spacial score (nSPS) is 9.94. The quantitative estimate of drug-likeness (QED) is 0.750. The average Bonchev–Trinajstić information content (AvgIpc) is 2.36. The molecule has 0 unspecified atom stereocenters. The second kappa shape index (κ2) is 7.86. The van der Waals surface area contributed by atoms with E-state index in [-0.39, 0.29) is 12.5 Å². The van der Waals surface area contributed by atoms with Gasteiger partial charge in [0.2, 0.25) is 0 Å². The molecular weight excluding hydrogens is 300 g/mol. The van der Waals surface area contributed by atoms with Crippen molar-refractivity contribution in [2.75, 3.05) is 30.3 Å². The van der Waals surface area contributed by atoms with Gasteiger partial charge in [-0.15, -0.1) is 0 Å². The number of halogens is 1. The summed E-state index contributed by atoms with van der Waals surface area (Å²) in [4.78, 5) is 19.4. The predicted molar refractivity (Wildman–Crippen MR) is 73.6 cm³/mol. The van der Waals surface area contributed by atoms with Gasteiger partial charge in [-0.2, -0.15) is 0 Å². The summed E-state index contributed by atoms with van der Waals surface area (Å²) in [6.07, 6.45) is 2.44. The first-order valence-electron chi connectivity index (χ1n) is 5.82. The Morgan fingerprint density at radius 2 is 2.00 bits per heavy atom. The molecule has 0 spiro atoms. The highest BCUT2D eigenvalue weighted by Crippen LogP contribution is 2.26. The van der Waals surface area contributed by atoms with Gasteiger partial charge < -0.3 is 15.4 Å². The zero-order valence-electron chi connectivity index (χ0n) is 10.5. The molecule has 0 aliphatic heterocycles. The van der Waals surface area contributed by atoms with E-state index < -0.39 is 0 Å². The van der Waals surface area contributed by atoms with Crippen molar-refractivity contribution in [1.29, 1.82) is 0 Å². The first kappa shape index (κ1) is 14.7. The van der Waals surface area contributed by atoms with Crippen LogP contribution in [0.1, 0.15) is 20.3 Å². The number of carbonyl (C=O) groups excluding carboxylic acids is 1. The van der Waals surface area contributed by atoms with E-state index in [2.05, 4.69) is 43.5 Å². The third kappa shape index (κ3) is 4.48. The van der Waals surface area contributed by atoms with Crippen LogP contribution in [0.25, 0.3) is 0 Å². The molecule has 0 aromatic carbocycles. The van der Waals surface area contributed by atoms with E-state index in [0.29, 0.717) is 22.7 Å². The molecule has 0 radical (unpaired) electrons. The zero-order valence-corrected chi connectivity index (χ0v) is 12.1. The summed E-state index contributed by atoms with van der Waals surface area (Å²) in [5.41, 5.74) is 0. The molecule has 0 saturated carbocycles. The van der Waals surface area contributed by atoms with Crippen LogP contribution in [0, 0.1) is 0 Å². The molecule has 18 heavy (non-hydrogen) atoms. The van der Waals surface area contributed by atoms with Crippen molar-refractivity contribution >= 4 is 33.5 Å². The molecule has 6 nitrogen and oxygen atoms in total. The maximum Gasteiger partial charge on any atom is 0.325 e. The van der Waals surface area contributed by atoms with Gasteiger partial charge in [0.1, 0.15) is 29.0 Å². The van der Waals surface area contributed by atoms with Crippen LogP contribution in [0.15, 0.2) is 10.8 Å². The van der Waals surface area contributed by atoms with Gasteiger partial charge in [0.15, 0.2) is 0 Å². The topological polar surface area (TPSA) is 76.1 Å². The molecule has 0 aliphatic rings. The highest BCUT2D eigenvalue weighted by atomic mass is 79.9. The number of nitrogens with one attached hydrogen (secondary N) is 2. The highest BCUT2D eigenvalue weighted by molar-refractivity contribution is 9.10. The van der Waals surface area contributed by atoms with Gasteiger partial charge >= 0.3 is 5.97 Å². The van der Waals surface area contributed by atoms with Gasteiger partial charge in [-0.3, -0.25) is 4.79 Å². The Morgan fingerprint density at radius 1 is 1.33 bits per heavy atom. The van der Waals surface area contributed by atoms with E-state index in [0.717, 1.165) is 13.0 Å². The lowest BCUT2D eigenvalue weighted by molar-refractivity contribution is -0.140. The minimum absolute atomic E-state index is 0.0800. The largest absolute Gasteiger partial charge is 0.465 e. The lowest BCUT2D eigenvalue weighted by Gasteiger charge is -2.10. The van der Waals surface area contributed by atoms with Crippen LogP contribution in [0.3, 0.4) is 0 Å². The van der Waals surface area contributed by atoms with Crippen molar-refractivity contribution in [3.05, 3.63) is 10.8 Å². The summed E-state index contributed by atoms with van der Waals surface area (Å²) in [6.45, 7) is 5.12. The third-order valence-electron chi connectivity index (χ3n) is 2.04. The van der Waals surface area contributed by atoms with Crippen LogP contribution in [0.2, 0.25) is 0 Å². The Bertz CT molecular complexity index is 401. The smallest absolute Gasteiger partial charge is 0.325 e. The number of ether oxygens (including phenoxy) is 1. The van der Waals surface area contributed by atoms with Crippen molar-refractivity contribution in [2.45, 2.75) is 20.3 Å². The molecular formula is C11H17BrN4O2. The van der Waals surface area contributed by atoms with E-state index in [9.17, 15) is 4.79 Å². The minimum Gasteiger partial charge on any atom is -0.465 e. The van der Waals surface area contributed by atoms with Crippen LogP contribution >= 0.6 is 15.9 Å². The van der Waals surface area contributed by atoms with Crippen LogP contribution in [0.5, 0.6) is 0 Å². The summed E-state index contributed by atoms with van der Waals surface area (Å²) in [5, 5.41) is 6.06. The van der Waals surface area contributed by atoms with Gasteiger partial charge in [-0.1, -0.05) is 6.92 Å². The molecule has 1 heterocycles. The lowest BCUT2D eigenvalue weighted by Crippen LogP contribution is -2.18. The number of hydrogen-bond acceptors (Lipinski definition) is 6. The Labute approximate surface area is 115 Å². The van der Waals surface area contributed by atoms with E-state index >= 15 is 0 Å². The van der Waals surface area contributed by atoms with Gasteiger partial charge in [-0.05, 0) is 29.3 Å². The molecule has 1 aromatic heterocycles. The maximum absolute atomic E-state index is 11.2. The summed E-state index contributed by atoms with van der Waals surface area (Å²) < 4.78 is 5.53. The fraction of sp³-hybridized carbons (Fsp3) is 0.545. The van der Waals surface area contributed by atoms with E-state index in [1.54, 1.807) is 6.92 Å². The Balaban J connectivity index is 2.62. The Hall–Kier alpha value is -1.37. The third-order valence-corrected chi connectivity index (χ3v) is 2.79.